The number of nitrogens with one attached hydrogen (secondary N) is 1. The zero-order valence-electron chi connectivity index (χ0n) is 9.32. The second-order valence-electron chi connectivity index (χ2n) is 4.70. The zero-order valence-corrected chi connectivity index (χ0v) is 9.32. The first-order valence-corrected chi connectivity index (χ1v) is 5.47. The van der Waals surface area contributed by atoms with Crippen molar-refractivity contribution in [2.24, 2.45) is 5.41 Å². The normalized spacial score (nSPS) is 18.6. The maximum atomic E-state index is 11.7. The monoisotopic (exact) mass is 224 g/mol. The van der Waals surface area contributed by atoms with Crippen LogP contribution >= 0.6 is 0 Å². The van der Waals surface area contributed by atoms with Crippen molar-refractivity contribution in [2.75, 3.05) is 12.3 Å². The predicted octanol–water partition coefficient (Wildman–Crippen LogP) is 0.962. The lowest BCUT2D eigenvalue weighted by Crippen LogP contribution is -2.34. The summed E-state index contributed by atoms with van der Waals surface area (Å²) in [6, 6.07) is 0. The summed E-state index contributed by atoms with van der Waals surface area (Å²) >= 11 is 0. The van der Waals surface area contributed by atoms with E-state index >= 15 is 0 Å². The second kappa shape index (κ2) is 4.11. The Hall–Kier alpha value is -1.59. The molecule has 1 aromatic heterocycles. The number of nitrogens with two attached hydrogens (primary N) is 1. The Bertz CT molecular complexity index is 382. The molecular weight excluding hydrogens is 208 g/mol. The first kappa shape index (κ1) is 10.9. The van der Waals surface area contributed by atoms with Gasteiger partial charge in [0, 0.05) is 6.54 Å². The Balaban J connectivity index is 1.91. The molecule has 0 radical (unpaired) electrons. The van der Waals surface area contributed by atoms with E-state index in [0.717, 1.165) is 12.8 Å². The molecule has 6 nitrogen and oxygen atoms in total. The third kappa shape index (κ3) is 2.15. The maximum Gasteiger partial charge on any atom is 0.277 e. The highest BCUT2D eigenvalue weighted by molar-refractivity contribution is 5.95. The van der Waals surface area contributed by atoms with E-state index in [1.54, 1.807) is 0 Å². The van der Waals surface area contributed by atoms with Crippen molar-refractivity contribution < 1.29 is 9.42 Å². The van der Waals surface area contributed by atoms with Gasteiger partial charge in [-0.25, -0.2) is 4.63 Å². The van der Waals surface area contributed by atoms with Crippen LogP contribution in [0.15, 0.2) is 4.63 Å². The zero-order chi connectivity index (χ0) is 11.6. The molecule has 1 aromatic rings. The standard InChI is InChI=1S/C10H16N4O2/c1-10(4-2-3-5-10)6-12-9(15)7-8(11)14-16-13-7/h2-6H2,1H3,(H2,11,14)(H,12,15). The number of anilines is 1. The van der Waals surface area contributed by atoms with Crippen molar-refractivity contribution in [2.45, 2.75) is 32.6 Å². The van der Waals surface area contributed by atoms with Gasteiger partial charge in [0.15, 0.2) is 0 Å². The molecule has 0 bridgehead atoms. The lowest BCUT2D eigenvalue weighted by atomic mass is 9.89. The minimum Gasteiger partial charge on any atom is -0.379 e. The molecule has 0 aliphatic heterocycles. The number of aromatic nitrogens is 2. The SMILES string of the molecule is CC1(CNC(=O)c2nonc2N)CCCC1. The van der Waals surface area contributed by atoms with E-state index in [9.17, 15) is 4.79 Å². The lowest BCUT2D eigenvalue weighted by Gasteiger charge is -2.23. The van der Waals surface area contributed by atoms with Gasteiger partial charge in [0.2, 0.25) is 11.5 Å². The number of carbonyl (C=O) groups excluding carboxylic acids is 1. The Morgan fingerprint density at radius 1 is 1.50 bits per heavy atom. The van der Waals surface area contributed by atoms with E-state index in [2.05, 4.69) is 27.2 Å². The van der Waals surface area contributed by atoms with E-state index < -0.39 is 0 Å². The Kier molecular flexibility index (Phi) is 2.80. The number of nitrogens with zero attached hydrogens (tertiary/aromatic N) is 2. The quantitative estimate of drug-likeness (QED) is 0.797. The van der Waals surface area contributed by atoms with Gasteiger partial charge >= 0.3 is 0 Å². The highest BCUT2D eigenvalue weighted by atomic mass is 16.6. The van der Waals surface area contributed by atoms with Crippen molar-refractivity contribution in [1.29, 1.82) is 0 Å². The van der Waals surface area contributed by atoms with Gasteiger partial charge < -0.3 is 11.1 Å². The van der Waals surface area contributed by atoms with Crippen LogP contribution in [0.5, 0.6) is 0 Å². The molecule has 2 rings (SSSR count). The van der Waals surface area contributed by atoms with Gasteiger partial charge in [0.1, 0.15) is 0 Å². The Labute approximate surface area is 93.5 Å². The Morgan fingerprint density at radius 2 is 2.19 bits per heavy atom. The van der Waals surface area contributed by atoms with Gasteiger partial charge in [0.05, 0.1) is 0 Å². The molecule has 0 atom stereocenters. The number of rotatable bonds is 3. The molecule has 0 unspecified atom stereocenters. The van der Waals surface area contributed by atoms with Crippen LogP contribution in [-0.4, -0.2) is 22.8 Å². The summed E-state index contributed by atoms with van der Waals surface area (Å²) in [6.07, 6.45) is 4.78. The van der Waals surface area contributed by atoms with Crippen LogP contribution in [0.25, 0.3) is 0 Å². The minimum atomic E-state index is -0.313. The smallest absolute Gasteiger partial charge is 0.277 e. The van der Waals surface area contributed by atoms with Crippen LogP contribution in [0.2, 0.25) is 0 Å². The molecule has 6 heteroatoms. The second-order valence-corrected chi connectivity index (χ2v) is 4.70. The highest BCUT2D eigenvalue weighted by Crippen LogP contribution is 2.36. The summed E-state index contributed by atoms with van der Waals surface area (Å²) in [6.45, 7) is 2.84. The molecule has 0 aromatic carbocycles. The van der Waals surface area contributed by atoms with Gasteiger partial charge in [-0.2, -0.15) is 0 Å². The topological polar surface area (TPSA) is 94.0 Å². The van der Waals surface area contributed by atoms with Gasteiger partial charge in [-0.1, -0.05) is 19.8 Å². The van der Waals surface area contributed by atoms with Crippen LogP contribution in [0.3, 0.4) is 0 Å². The average Bonchev–Trinajstić information content (AvgIpc) is 2.85. The molecule has 0 saturated heterocycles. The first-order chi connectivity index (χ1) is 7.61. The van der Waals surface area contributed by atoms with E-state index in [4.69, 9.17) is 5.73 Å². The number of carbonyl (C=O) groups is 1. The molecule has 1 aliphatic rings. The Morgan fingerprint density at radius 3 is 2.75 bits per heavy atom. The first-order valence-electron chi connectivity index (χ1n) is 5.47. The number of hydrogen-bond donors (Lipinski definition) is 2. The van der Waals surface area contributed by atoms with Crippen molar-refractivity contribution in [1.82, 2.24) is 15.6 Å². The fourth-order valence-electron chi connectivity index (χ4n) is 2.14. The van der Waals surface area contributed by atoms with Crippen molar-refractivity contribution in [3.63, 3.8) is 0 Å². The van der Waals surface area contributed by atoms with E-state index in [-0.39, 0.29) is 22.8 Å². The van der Waals surface area contributed by atoms with Crippen molar-refractivity contribution in [3.05, 3.63) is 5.69 Å². The van der Waals surface area contributed by atoms with Crippen molar-refractivity contribution >= 4 is 11.7 Å². The summed E-state index contributed by atoms with van der Waals surface area (Å²) < 4.78 is 4.38. The summed E-state index contributed by atoms with van der Waals surface area (Å²) in [7, 11) is 0. The van der Waals surface area contributed by atoms with Crippen LogP contribution in [-0.2, 0) is 0 Å². The average molecular weight is 224 g/mol. The molecule has 88 valence electrons. The van der Waals surface area contributed by atoms with Gasteiger partial charge in [0.25, 0.3) is 5.91 Å². The molecule has 1 amide bonds. The molecule has 1 aliphatic carbocycles. The molecule has 1 fully saturated rings. The predicted molar refractivity (Wildman–Crippen MR) is 57.6 cm³/mol. The summed E-state index contributed by atoms with van der Waals surface area (Å²) in [5.41, 5.74) is 5.71. The molecule has 1 heterocycles. The molecule has 16 heavy (non-hydrogen) atoms. The number of nitrogen functional groups attached to an aromatic ring is 1. The van der Waals surface area contributed by atoms with E-state index in [1.165, 1.54) is 12.8 Å². The van der Waals surface area contributed by atoms with E-state index in [1.807, 2.05) is 0 Å². The molecular formula is C10H16N4O2. The fourth-order valence-corrected chi connectivity index (χ4v) is 2.14. The van der Waals surface area contributed by atoms with Crippen molar-refractivity contribution in [3.8, 4) is 0 Å². The molecule has 3 N–H and O–H groups in total. The lowest BCUT2D eigenvalue weighted by molar-refractivity contribution is 0.0925. The van der Waals surface area contributed by atoms with Gasteiger partial charge in [-0.05, 0) is 28.6 Å². The minimum absolute atomic E-state index is 0.0362. The summed E-state index contributed by atoms with van der Waals surface area (Å²) in [5, 5.41) is 9.65. The molecule has 0 spiro atoms. The highest BCUT2D eigenvalue weighted by Gasteiger charge is 2.29. The summed E-state index contributed by atoms with van der Waals surface area (Å²) in [4.78, 5) is 11.7. The van der Waals surface area contributed by atoms with Crippen LogP contribution in [0.1, 0.15) is 43.1 Å². The number of amides is 1. The summed E-state index contributed by atoms with van der Waals surface area (Å²) in [5.74, 6) is -0.277. The van der Waals surface area contributed by atoms with Crippen LogP contribution < -0.4 is 11.1 Å². The maximum absolute atomic E-state index is 11.7. The van der Waals surface area contributed by atoms with E-state index in [0.29, 0.717) is 6.54 Å². The number of hydrogen-bond acceptors (Lipinski definition) is 5. The largest absolute Gasteiger partial charge is 0.379 e. The van der Waals surface area contributed by atoms with Gasteiger partial charge in [-0.3, -0.25) is 4.79 Å². The fraction of sp³-hybridized carbons (Fsp3) is 0.700. The van der Waals surface area contributed by atoms with Gasteiger partial charge in [-0.15, -0.1) is 0 Å². The molecule has 1 saturated carbocycles. The van der Waals surface area contributed by atoms with Crippen LogP contribution in [0.4, 0.5) is 5.82 Å². The van der Waals surface area contributed by atoms with Crippen LogP contribution in [0, 0.1) is 5.41 Å². The third-order valence-electron chi connectivity index (χ3n) is 3.22. The third-order valence-corrected chi connectivity index (χ3v) is 3.22.